The number of aromatic nitrogens is 1. The van der Waals surface area contributed by atoms with Crippen LogP contribution in [0.2, 0.25) is 0 Å². The van der Waals surface area contributed by atoms with Crippen molar-refractivity contribution in [2.45, 2.75) is 16.7 Å². The molecular formula is C17H13N2O5S-. The lowest BCUT2D eigenvalue weighted by molar-refractivity contribution is -0.255. The first-order valence-corrected chi connectivity index (χ1v) is 8.23. The quantitative estimate of drug-likeness (QED) is 0.732. The van der Waals surface area contributed by atoms with Gasteiger partial charge in [-0.15, -0.1) is 0 Å². The summed E-state index contributed by atoms with van der Waals surface area (Å²) in [5.74, 6) is -1.52. The Morgan fingerprint density at radius 1 is 1.28 bits per heavy atom. The summed E-state index contributed by atoms with van der Waals surface area (Å²) in [7, 11) is 1.52. The summed E-state index contributed by atoms with van der Waals surface area (Å²) in [5.41, 5.74) is 0.343. The summed E-state index contributed by atoms with van der Waals surface area (Å²) in [6.45, 7) is 0. The highest BCUT2D eigenvalue weighted by Crippen LogP contribution is 2.34. The minimum atomic E-state index is -1.38. The number of aromatic carboxylic acids is 1. The molecule has 8 heteroatoms. The van der Waals surface area contributed by atoms with Crippen LogP contribution in [-0.4, -0.2) is 35.1 Å². The molecule has 1 aliphatic heterocycles. The number of carbonyl (C=O) groups is 3. The number of rotatable bonds is 5. The minimum Gasteiger partial charge on any atom is -0.545 e. The van der Waals surface area contributed by atoms with Gasteiger partial charge in [-0.3, -0.25) is 9.59 Å². The third-order valence-electron chi connectivity index (χ3n) is 3.68. The van der Waals surface area contributed by atoms with Gasteiger partial charge in [-0.1, -0.05) is 11.8 Å². The summed E-state index contributed by atoms with van der Waals surface area (Å²) in [6.07, 6.45) is 1.40. The predicted octanol–water partition coefficient (Wildman–Crippen LogP) is 0.878. The largest absolute Gasteiger partial charge is 0.545 e. The van der Waals surface area contributed by atoms with Crippen molar-refractivity contribution in [1.29, 1.82) is 0 Å². The second-order valence-electron chi connectivity index (χ2n) is 5.22. The van der Waals surface area contributed by atoms with E-state index in [4.69, 9.17) is 4.74 Å². The van der Waals surface area contributed by atoms with Gasteiger partial charge in [-0.2, -0.15) is 0 Å². The Bertz CT molecular complexity index is 837. The average molecular weight is 357 g/mol. The first kappa shape index (κ1) is 17.0. The molecule has 0 unspecified atom stereocenters. The lowest BCUT2D eigenvalue weighted by atomic mass is 10.3. The van der Waals surface area contributed by atoms with Crippen LogP contribution in [0.3, 0.4) is 0 Å². The Morgan fingerprint density at radius 2 is 2.00 bits per heavy atom. The van der Waals surface area contributed by atoms with Crippen LogP contribution in [0.5, 0.6) is 5.75 Å². The molecule has 0 radical (unpaired) electrons. The number of pyridine rings is 1. The molecule has 0 N–H and O–H groups in total. The second-order valence-corrected chi connectivity index (χ2v) is 6.41. The van der Waals surface area contributed by atoms with E-state index in [1.54, 1.807) is 24.3 Å². The van der Waals surface area contributed by atoms with Gasteiger partial charge in [0.05, 0.1) is 24.0 Å². The number of benzene rings is 1. The molecule has 3 rings (SSSR count). The maximum atomic E-state index is 12.6. The van der Waals surface area contributed by atoms with Crippen molar-refractivity contribution in [3.63, 3.8) is 0 Å². The van der Waals surface area contributed by atoms with Crippen molar-refractivity contribution in [3.8, 4) is 5.75 Å². The summed E-state index contributed by atoms with van der Waals surface area (Å²) < 4.78 is 5.06. The number of anilines is 1. The molecule has 7 nitrogen and oxygen atoms in total. The fraction of sp³-hybridized carbons (Fsp3) is 0.176. The van der Waals surface area contributed by atoms with Gasteiger partial charge in [0.15, 0.2) is 0 Å². The standard InChI is InChI=1S/C17H14N2O5S/c1-24-11-6-4-10(5-7-11)19-14(20)9-13(16(19)21)25-15-12(17(22)23)3-2-8-18-15/h2-8,13H,9H2,1H3,(H,22,23)/p-1/t13-/m1/s1. The third kappa shape index (κ3) is 3.34. The fourth-order valence-electron chi connectivity index (χ4n) is 2.47. The molecular weight excluding hydrogens is 344 g/mol. The molecule has 1 aromatic heterocycles. The van der Waals surface area contributed by atoms with Crippen molar-refractivity contribution in [2.24, 2.45) is 0 Å². The van der Waals surface area contributed by atoms with E-state index < -0.39 is 17.1 Å². The van der Waals surface area contributed by atoms with Crippen molar-refractivity contribution in [2.75, 3.05) is 12.0 Å². The minimum absolute atomic E-state index is 0.0292. The average Bonchev–Trinajstić information content (AvgIpc) is 2.89. The molecule has 1 atom stereocenters. The van der Waals surface area contributed by atoms with Gasteiger partial charge in [0.25, 0.3) is 0 Å². The van der Waals surface area contributed by atoms with Gasteiger partial charge >= 0.3 is 0 Å². The van der Waals surface area contributed by atoms with Gasteiger partial charge < -0.3 is 14.6 Å². The van der Waals surface area contributed by atoms with E-state index in [1.165, 1.54) is 25.4 Å². The van der Waals surface area contributed by atoms with E-state index in [0.717, 1.165) is 16.7 Å². The number of hydrogen-bond acceptors (Lipinski definition) is 7. The van der Waals surface area contributed by atoms with Crippen LogP contribution < -0.4 is 14.7 Å². The highest BCUT2D eigenvalue weighted by atomic mass is 32.2. The molecule has 1 aliphatic rings. The third-order valence-corrected chi connectivity index (χ3v) is 4.88. The Hall–Kier alpha value is -2.87. The number of carboxylic acid groups (broad SMARTS) is 1. The highest BCUT2D eigenvalue weighted by Gasteiger charge is 2.40. The Morgan fingerprint density at radius 3 is 2.64 bits per heavy atom. The molecule has 0 bridgehead atoms. The fourth-order valence-corrected chi connectivity index (χ4v) is 3.58. The smallest absolute Gasteiger partial charge is 0.247 e. The molecule has 0 aliphatic carbocycles. The maximum Gasteiger partial charge on any atom is 0.247 e. The Kier molecular flexibility index (Phi) is 4.71. The van der Waals surface area contributed by atoms with Crippen LogP contribution in [0.15, 0.2) is 47.6 Å². The number of ether oxygens (including phenoxy) is 1. The molecule has 0 saturated carbocycles. The number of imide groups is 1. The van der Waals surface area contributed by atoms with Crippen molar-refractivity contribution in [1.82, 2.24) is 4.98 Å². The number of carbonyl (C=O) groups excluding carboxylic acids is 3. The maximum absolute atomic E-state index is 12.6. The summed E-state index contributed by atoms with van der Waals surface area (Å²) in [6, 6.07) is 9.38. The SMILES string of the molecule is COc1ccc(N2C(=O)C[C@@H](Sc3ncccc3C(=O)[O-])C2=O)cc1. The monoisotopic (exact) mass is 357 g/mol. The van der Waals surface area contributed by atoms with Crippen LogP contribution in [0.1, 0.15) is 16.8 Å². The highest BCUT2D eigenvalue weighted by molar-refractivity contribution is 8.00. The zero-order valence-corrected chi connectivity index (χ0v) is 14.0. The summed E-state index contributed by atoms with van der Waals surface area (Å²) in [5, 5.41) is 10.6. The van der Waals surface area contributed by atoms with Crippen LogP contribution in [0.25, 0.3) is 0 Å². The predicted molar refractivity (Wildman–Crippen MR) is 88.3 cm³/mol. The molecule has 0 spiro atoms. The topological polar surface area (TPSA) is 99.6 Å². The molecule has 1 aromatic carbocycles. The van der Waals surface area contributed by atoms with Crippen LogP contribution in [0, 0.1) is 0 Å². The number of hydrogen-bond donors (Lipinski definition) is 0. The lowest BCUT2D eigenvalue weighted by Gasteiger charge is -2.16. The molecule has 2 amide bonds. The molecule has 1 fully saturated rings. The normalized spacial score (nSPS) is 17.0. The van der Waals surface area contributed by atoms with E-state index in [-0.39, 0.29) is 22.9 Å². The summed E-state index contributed by atoms with van der Waals surface area (Å²) >= 11 is 0.955. The lowest BCUT2D eigenvalue weighted by Crippen LogP contribution is -2.31. The van der Waals surface area contributed by atoms with Gasteiger partial charge in [0, 0.05) is 18.2 Å². The van der Waals surface area contributed by atoms with Crippen LogP contribution in [-0.2, 0) is 9.59 Å². The zero-order valence-electron chi connectivity index (χ0n) is 13.2. The Labute approximate surface area is 147 Å². The first-order valence-electron chi connectivity index (χ1n) is 7.35. The van der Waals surface area contributed by atoms with Crippen molar-refractivity contribution >= 4 is 35.2 Å². The first-order chi connectivity index (χ1) is 12.0. The molecule has 25 heavy (non-hydrogen) atoms. The van der Waals surface area contributed by atoms with E-state index in [0.29, 0.717) is 11.4 Å². The molecule has 128 valence electrons. The molecule has 2 aromatic rings. The van der Waals surface area contributed by atoms with Gasteiger partial charge in [0.2, 0.25) is 11.8 Å². The van der Waals surface area contributed by atoms with E-state index in [2.05, 4.69) is 4.98 Å². The number of nitrogens with zero attached hydrogens (tertiary/aromatic N) is 2. The van der Waals surface area contributed by atoms with E-state index >= 15 is 0 Å². The van der Waals surface area contributed by atoms with Crippen LogP contribution >= 0.6 is 11.8 Å². The van der Waals surface area contributed by atoms with Gasteiger partial charge in [0.1, 0.15) is 10.8 Å². The Balaban J connectivity index is 1.83. The zero-order chi connectivity index (χ0) is 18.0. The molecule has 1 saturated heterocycles. The molecule has 2 heterocycles. The van der Waals surface area contributed by atoms with E-state index in [1.807, 2.05) is 0 Å². The van der Waals surface area contributed by atoms with Crippen molar-refractivity contribution < 1.29 is 24.2 Å². The second kappa shape index (κ2) is 6.94. The van der Waals surface area contributed by atoms with E-state index in [9.17, 15) is 19.5 Å². The van der Waals surface area contributed by atoms with Gasteiger partial charge in [-0.25, -0.2) is 9.88 Å². The van der Waals surface area contributed by atoms with Crippen molar-refractivity contribution in [3.05, 3.63) is 48.2 Å². The number of amides is 2. The number of methoxy groups -OCH3 is 1. The number of carboxylic acids is 1. The van der Waals surface area contributed by atoms with Crippen LogP contribution in [0.4, 0.5) is 5.69 Å². The summed E-state index contributed by atoms with van der Waals surface area (Å²) in [4.78, 5) is 41.1. The number of thioether (sulfide) groups is 1. The van der Waals surface area contributed by atoms with Gasteiger partial charge in [-0.05, 0) is 36.4 Å².